The fourth-order valence-corrected chi connectivity index (χ4v) is 2.53. The van der Waals surface area contributed by atoms with E-state index in [0.717, 1.165) is 22.0 Å². The molecule has 0 bridgehead atoms. The second-order valence-electron chi connectivity index (χ2n) is 5.22. The predicted molar refractivity (Wildman–Crippen MR) is 88.7 cm³/mol. The molecule has 112 valence electrons. The van der Waals surface area contributed by atoms with Gasteiger partial charge in [-0.2, -0.15) is 10.4 Å². The predicted octanol–water partition coefficient (Wildman–Crippen LogP) is 0.739. The Morgan fingerprint density at radius 2 is 1.87 bits per heavy atom. The molecule has 3 rings (SSSR count). The van der Waals surface area contributed by atoms with E-state index in [9.17, 15) is 15.3 Å². The number of nitrogens with two attached hydrogens (primary N) is 1. The Bertz CT molecular complexity index is 951. The highest BCUT2D eigenvalue weighted by atomic mass is 16.4. The van der Waals surface area contributed by atoms with Crippen LogP contribution in [0.3, 0.4) is 0 Å². The van der Waals surface area contributed by atoms with Crippen molar-refractivity contribution < 1.29 is 10.0 Å². The van der Waals surface area contributed by atoms with E-state index in [1.165, 1.54) is 6.07 Å². The molecule has 2 aromatic carbocycles. The first-order valence-electron chi connectivity index (χ1n) is 6.94. The molecule has 6 nitrogen and oxygen atoms in total. The summed E-state index contributed by atoms with van der Waals surface area (Å²) in [6.45, 7) is 1.83. The van der Waals surface area contributed by atoms with Crippen molar-refractivity contribution >= 4 is 29.2 Å². The van der Waals surface area contributed by atoms with Gasteiger partial charge in [-0.25, -0.2) is 0 Å². The lowest BCUT2D eigenvalue weighted by molar-refractivity contribution is 0.426. The number of anilines is 1. The van der Waals surface area contributed by atoms with Gasteiger partial charge in [-0.15, -0.1) is 5.10 Å². The van der Waals surface area contributed by atoms with Crippen molar-refractivity contribution in [2.45, 2.75) is 6.92 Å². The number of hydrogen-bond donors (Lipinski definition) is 3. The molecule has 0 atom stereocenters. The summed E-state index contributed by atoms with van der Waals surface area (Å²) in [6, 6.07) is 12.3. The minimum Gasteiger partial charge on any atom is -0.423 e. The number of rotatable bonds is 2. The van der Waals surface area contributed by atoms with E-state index in [1.807, 2.05) is 25.1 Å². The number of nitrogens with zero attached hydrogens (tertiary/aromatic N) is 3. The van der Waals surface area contributed by atoms with Gasteiger partial charge >= 0.3 is 7.12 Å². The fourth-order valence-electron chi connectivity index (χ4n) is 2.53. The van der Waals surface area contributed by atoms with Gasteiger partial charge in [0.2, 0.25) is 0 Å². The average Bonchev–Trinajstić information content (AvgIpc) is 2.57. The molecule has 3 aromatic rings. The minimum atomic E-state index is -1.59. The van der Waals surface area contributed by atoms with Gasteiger partial charge in [-0.1, -0.05) is 18.2 Å². The summed E-state index contributed by atoms with van der Waals surface area (Å²) in [7, 11) is -1.59. The molecule has 0 fully saturated rings. The van der Waals surface area contributed by atoms with Crippen LogP contribution in [0.25, 0.3) is 21.9 Å². The van der Waals surface area contributed by atoms with Gasteiger partial charge in [0.15, 0.2) is 5.82 Å². The van der Waals surface area contributed by atoms with Gasteiger partial charge < -0.3 is 15.8 Å². The number of benzene rings is 2. The third kappa shape index (κ3) is 2.61. The van der Waals surface area contributed by atoms with Crippen LogP contribution in [0.4, 0.5) is 5.82 Å². The molecule has 4 N–H and O–H groups in total. The summed E-state index contributed by atoms with van der Waals surface area (Å²) in [4.78, 5) is 0. The Balaban J connectivity index is 2.27. The first-order chi connectivity index (χ1) is 11.0. The van der Waals surface area contributed by atoms with Crippen LogP contribution in [0.15, 0.2) is 36.4 Å². The van der Waals surface area contributed by atoms with Crippen LogP contribution in [0.5, 0.6) is 0 Å². The number of aryl methyl sites for hydroxylation is 1. The molecule has 0 spiro atoms. The Labute approximate surface area is 133 Å². The molecule has 0 saturated carbocycles. The second-order valence-corrected chi connectivity index (χ2v) is 5.22. The minimum absolute atomic E-state index is 0.322. The lowest BCUT2D eigenvalue weighted by Crippen LogP contribution is -2.29. The molecule has 0 saturated heterocycles. The van der Waals surface area contributed by atoms with Gasteiger partial charge in [0.1, 0.15) is 0 Å². The van der Waals surface area contributed by atoms with Crippen molar-refractivity contribution in [1.29, 1.82) is 5.26 Å². The maximum Gasteiger partial charge on any atom is 0.488 e. The van der Waals surface area contributed by atoms with E-state index >= 15 is 0 Å². The van der Waals surface area contributed by atoms with Crippen molar-refractivity contribution in [2.24, 2.45) is 0 Å². The molecule has 0 aliphatic heterocycles. The Kier molecular flexibility index (Phi) is 3.70. The van der Waals surface area contributed by atoms with E-state index in [4.69, 9.17) is 5.73 Å². The fraction of sp³-hybridized carbons (Fsp3) is 0.0625. The number of nitrogen functional groups attached to an aromatic ring is 1. The third-order valence-electron chi connectivity index (χ3n) is 3.77. The monoisotopic (exact) mass is 304 g/mol. The van der Waals surface area contributed by atoms with Crippen LogP contribution >= 0.6 is 0 Å². The van der Waals surface area contributed by atoms with Crippen LogP contribution in [0, 0.1) is 18.3 Å². The summed E-state index contributed by atoms with van der Waals surface area (Å²) in [5.74, 6) is 0.345. The largest absolute Gasteiger partial charge is 0.488 e. The highest BCUT2D eigenvalue weighted by Gasteiger charge is 2.15. The van der Waals surface area contributed by atoms with Gasteiger partial charge in [0.25, 0.3) is 0 Å². The highest BCUT2D eigenvalue weighted by Crippen LogP contribution is 2.29. The lowest BCUT2D eigenvalue weighted by atomic mass is 9.78. The standard InChI is InChI=1S/C16H13BN4O2/c1-9-14-6-10(3-5-13(14)16(19)21-20-9)15-7-12(17(22)23)4-2-11(15)8-18/h2-7,22-23H,1H3,(H2,19,21). The smallest absolute Gasteiger partial charge is 0.423 e. The topological polar surface area (TPSA) is 116 Å². The summed E-state index contributed by atoms with van der Waals surface area (Å²) < 4.78 is 0. The van der Waals surface area contributed by atoms with Crippen molar-refractivity contribution in [3.8, 4) is 17.2 Å². The molecule has 1 heterocycles. The zero-order chi connectivity index (χ0) is 16.6. The maximum atomic E-state index is 9.35. The number of fused-ring (bicyclic) bond motifs is 1. The molecule has 1 aromatic heterocycles. The zero-order valence-corrected chi connectivity index (χ0v) is 12.4. The zero-order valence-electron chi connectivity index (χ0n) is 12.4. The van der Waals surface area contributed by atoms with E-state index in [2.05, 4.69) is 16.3 Å². The first-order valence-corrected chi connectivity index (χ1v) is 6.94. The first kappa shape index (κ1) is 15.0. The van der Waals surface area contributed by atoms with Crippen molar-refractivity contribution in [1.82, 2.24) is 10.2 Å². The van der Waals surface area contributed by atoms with Gasteiger partial charge in [-0.3, -0.25) is 0 Å². The molecule has 23 heavy (non-hydrogen) atoms. The summed E-state index contributed by atoms with van der Waals surface area (Å²) >= 11 is 0. The van der Waals surface area contributed by atoms with E-state index in [-0.39, 0.29) is 0 Å². The molecule has 0 radical (unpaired) electrons. The maximum absolute atomic E-state index is 9.35. The normalized spacial score (nSPS) is 10.5. The lowest BCUT2D eigenvalue weighted by Gasteiger charge is -2.10. The van der Waals surface area contributed by atoms with Crippen LogP contribution in [0.1, 0.15) is 11.3 Å². The number of nitriles is 1. The Morgan fingerprint density at radius 3 is 2.57 bits per heavy atom. The van der Waals surface area contributed by atoms with E-state index in [1.54, 1.807) is 12.1 Å². The molecule has 0 unspecified atom stereocenters. The van der Waals surface area contributed by atoms with Crippen LogP contribution in [-0.2, 0) is 0 Å². The van der Waals surface area contributed by atoms with Gasteiger partial charge in [-0.05, 0) is 41.7 Å². The SMILES string of the molecule is Cc1nnc(N)c2ccc(-c3cc(B(O)O)ccc3C#N)cc12. The quantitative estimate of drug-likeness (QED) is 0.601. The number of aromatic nitrogens is 2. The molecule has 0 aliphatic carbocycles. The molecular formula is C16H13BN4O2. The molecule has 0 amide bonds. The van der Waals surface area contributed by atoms with E-state index in [0.29, 0.717) is 22.4 Å². The second kappa shape index (κ2) is 5.68. The summed E-state index contributed by atoms with van der Waals surface area (Å²) in [5.41, 5.74) is 8.73. The van der Waals surface area contributed by atoms with Crippen molar-refractivity contribution in [3.05, 3.63) is 47.7 Å². The van der Waals surface area contributed by atoms with Crippen molar-refractivity contribution in [2.75, 3.05) is 5.73 Å². The number of hydrogen-bond acceptors (Lipinski definition) is 6. The molecule has 0 aliphatic rings. The summed E-state index contributed by atoms with van der Waals surface area (Å²) in [5, 5.41) is 37.5. The van der Waals surface area contributed by atoms with Crippen LogP contribution in [-0.4, -0.2) is 27.4 Å². The van der Waals surface area contributed by atoms with Crippen LogP contribution < -0.4 is 11.2 Å². The van der Waals surface area contributed by atoms with E-state index < -0.39 is 7.12 Å². The highest BCUT2D eigenvalue weighted by molar-refractivity contribution is 6.58. The van der Waals surface area contributed by atoms with Crippen molar-refractivity contribution in [3.63, 3.8) is 0 Å². The average molecular weight is 304 g/mol. The summed E-state index contributed by atoms with van der Waals surface area (Å²) in [6.07, 6.45) is 0. The third-order valence-corrected chi connectivity index (χ3v) is 3.77. The van der Waals surface area contributed by atoms with Gasteiger partial charge in [0, 0.05) is 10.8 Å². The molecular weight excluding hydrogens is 291 g/mol. The van der Waals surface area contributed by atoms with Crippen LogP contribution in [0.2, 0.25) is 0 Å². The Hall–Kier alpha value is -2.95. The van der Waals surface area contributed by atoms with Gasteiger partial charge in [0.05, 0.1) is 17.3 Å². The molecule has 7 heteroatoms. The Morgan fingerprint density at radius 1 is 1.09 bits per heavy atom.